The van der Waals surface area contributed by atoms with Gasteiger partial charge < -0.3 is 14.0 Å². The second kappa shape index (κ2) is 10.6. The van der Waals surface area contributed by atoms with Gasteiger partial charge in [0.1, 0.15) is 5.82 Å². The van der Waals surface area contributed by atoms with Gasteiger partial charge in [-0.25, -0.2) is 9.82 Å². The number of benzene rings is 2. The maximum absolute atomic E-state index is 12.9. The molecule has 0 saturated heterocycles. The zero-order valence-electron chi connectivity index (χ0n) is 17.3. The van der Waals surface area contributed by atoms with Crippen LogP contribution in [-0.2, 0) is 11.3 Å². The Morgan fingerprint density at radius 1 is 1.16 bits per heavy atom. The van der Waals surface area contributed by atoms with Crippen LogP contribution in [0.1, 0.15) is 12.5 Å². The van der Waals surface area contributed by atoms with Gasteiger partial charge in [0.2, 0.25) is 0 Å². The van der Waals surface area contributed by atoms with Gasteiger partial charge in [-0.3, -0.25) is 4.79 Å². The van der Waals surface area contributed by atoms with Gasteiger partial charge in [-0.15, -0.1) is 10.2 Å². The molecule has 0 fully saturated rings. The minimum Gasteiger partial charge on any atom is -0.493 e. The number of carbonyl (C=O) groups is 1. The standard InChI is InChI=1S/C21H22FN5O3S/c1-4-27-20(15-7-10-17(29-2)18(11-15)30-3)25-26-21(27)31-13-19(28)24-23-12-14-5-8-16(22)9-6-14/h5-12H,4,13H2,1-3H3,(H,24,28)/b23-12+. The zero-order chi connectivity index (χ0) is 22.2. The fourth-order valence-corrected chi connectivity index (χ4v) is 3.55. The number of thioether (sulfide) groups is 1. The summed E-state index contributed by atoms with van der Waals surface area (Å²) in [4.78, 5) is 12.1. The fourth-order valence-electron chi connectivity index (χ4n) is 2.76. The topological polar surface area (TPSA) is 90.6 Å². The number of aromatic nitrogens is 3. The average Bonchev–Trinajstić information content (AvgIpc) is 3.21. The number of carbonyl (C=O) groups excluding carboxylic acids is 1. The van der Waals surface area contributed by atoms with Crippen LogP contribution in [0.15, 0.2) is 52.7 Å². The van der Waals surface area contributed by atoms with Crippen LogP contribution < -0.4 is 14.9 Å². The van der Waals surface area contributed by atoms with Crippen molar-refractivity contribution in [3.8, 4) is 22.9 Å². The highest BCUT2D eigenvalue weighted by molar-refractivity contribution is 7.99. The summed E-state index contributed by atoms with van der Waals surface area (Å²) >= 11 is 1.26. The van der Waals surface area contributed by atoms with Gasteiger partial charge in [0.05, 0.1) is 26.2 Å². The van der Waals surface area contributed by atoms with E-state index in [1.54, 1.807) is 26.4 Å². The van der Waals surface area contributed by atoms with Crippen LogP contribution in [0.5, 0.6) is 11.5 Å². The summed E-state index contributed by atoms with van der Waals surface area (Å²) in [6.07, 6.45) is 1.45. The van der Waals surface area contributed by atoms with Crippen LogP contribution >= 0.6 is 11.8 Å². The van der Waals surface area contributed by atoms with E-state index in [1.807, 2.05) is 29.7 Å². The first-order valence-corrected chi connectivity index (χ1v) is 10.4. The Morgan fingerprint density at radius 3 is 2.58 bits per heavy atom. The second-order valence-corrected chi connectivity index (χ2v) is 7.20. The van der Waals surface area contributed by atoms with E-state index in [4.69, 9.17) is 9.47 Å². The Hall–Kier alpha value is -3.40. The monoisotopic (exact) mass is 443 g/mol. The molecule has 1 aromatic heterocycles. The Labute approximate surface area is 183 Å². The summed E-state index contributed by atoms with van der Waals surface area (Å²) in [6.45, 7) is 2.61. The molecule has 0 radical (unpaired) electrons. The summed E-state index contributed by atoms with van der Waals surface area (Å²) in [5.41, 5.74) is 3.95. The predicted molar refractivity (Wildman–Crippen MR) is 117 cm³/mol. The molecule has 3 rings (SSSR count). The molecule has 1 amide bonds. The molecule has 1 heterocycles. The fraction of sp³-hybridized carbons (Fsp3) is 0.238. The largest absolute Gasteiger partial charge is 0.493 e. The zero-order valence-corrected chi connectivity index (χ0v) is 18.1. The Balaban J connectivity index is 1.64. The van der Waals surface area contributed by atoms with Crippen molar-refractivity contribution in [3.05, 3.63) is 53.8 Å². The van der Waals surface area contributed by atoms with Gasteiger partial charge >= 0.3 is 0 Å². The lowest BCUT2D eigenvalue weighted by Gasteiger charge is -2.10. The Bertz CT molecular complexity index is 1070. The minimum absolute atomic E-state index is 0.116. The number of amides is 1. The number of methoxy groups -OCH3 is 2. The van der Waals surface area contributed by atoms with Crippen LogP contribution in [0.3, 0.4) is 0 Å². The summed E-state index contributed by atoms with van der Waals surface area (Å²) < 4.78 is 25.5. The van der Waals surface area contributed by atoms with Gasteiger partial charge in [-0.05, 0) is 42.8 Å². The molecule has 0 aliphatic carbocycles. The molecule has 0 saturated carbocycles. The molecule has 31 heavy (non-hydrogen) atoms. The third-order valence-electron chi connectivity index (χ3n) is 4.28. The van der Waals surface area contributed by atoms with Crippen molar-refractivity contribution in [1.82, 2.24) is 20.2 Å². The molecular weight excluding hydrogens is 421 g/mol. The number of hydrogen-bond acceptors (Lipinski definition) is 7. The quantitative estimate of drug-likeness (QED) is 0.310. The van der Waals surface area contributed by atoms with Crippen molar-refractivity contribution in [2.45, 2.75) is 18.6 Å². The third-order valence-corrected chi connectivity index (χ3v) is 5.25. The van der Waals surface area contributed by atoms with E-state index in [0.717, 1.165) is 5.56 Å². The summed E-state index contributed by atoms with van der Waals surface area (Å²) in [6, 6.07) is 11.3. The lowest BCUT2D eigenvalue weighted by atomic mass is 10.2. The molecule has 0 bridgehead atoms. The van der Waals surface area contributed by atoms with E-state index >= 15 is 0 Å². The molecule has 0 unspecified atom stereocenters. The molecule has 0 atom stereocenters. The highest BCUT2D eigenvalue weighted by Gasteiger charge is 2.16. The molecule has 8 nitrogen and oxygen atoms in total. The van der Waals surface area contributed by atoms with E-state index in [9.17, 15) is 9.18 Å². The highest BCUT2D eigenvalue weighted by atomic mass is 32.2. The molecule has 0 spiro atoms. The van der Waals surface area contributed by atoms with Crippen molar-refractivity contribution < 1.29 is 18.7 Å². The lowest BCUT2D eigenvalue weighted by Crippen LogP contribution is -2.20. The van der Waals surface area contributed by atoms with Gasteiger partial charge in [0.15, 0.2) is 22.5 Å². The van der Waals surface area contributed by atoms with E-state index in [-0.39, 0.29) is 17.5 Å². The number of halogens is 1. The molecule has 1 N–H and O–H groups in total. The first kappa shape index (κ1) is 22.3. The van der Waals surface area contributed by atoms with Crippen LogP contribution in [0.2, 0.25) is 0 Å². The van der Waals surface area contributed by atoms with Gasteiger partial charge in [-0.2, -0.15) is 5.10 Å². The van der Waals surface area contributed by atoms with Crippen LogP contribution in [-0.4, -0.2) is 46.9 Å². The Kier molecular flexibility index (Phi) is 7.60. The number of rotatable bonds is 9. The molecule has 3 aromatic rings. The molecule has 0 aliphatic heterocycles. The molecule has 0 aliphatic rings. The molecular formula is C21H22FN5O3S. The molecule has 2 aromatic carbocycles. The molecule has 162 valence electrons. The average molecular weight is 444 g/mol. The van der Waals surface area contributed by atoms with E-state index < -0.39 is 0 Å². The SMILES string of the molecule is CCn1c(SCC(=O)N/N=C/c2ccc(F)cc2)nnc1-c1ccc(OC)c(OC)c1. The van der Waals surface area contributed by atoms with Crippen LogP contribution in [0, 0.1) is 5.82 Å². The lowest BCUT2D eigenvalue weighted by molar-refractivity contribution is -0.118. The van der Waals surface area contributed by atoms with Crippen LogP contribution in [0.4, 0.5) is 4.39 Å². The summed E-state index contributed by atoms with van der Waals surface area (Å²) in [5.74, 6) is 1.39. The maximum Gasteiger partial charge on any atom is 0.250 e. The number of nitrogens with one attached hydrogen (secondary N) is 1. The molecule has 10 heteroatoms. The first-order valence-electron chi connectivity index (χ1n) is 9.41. The maximum atomic E-state index is 12.9. The highest BCUT2D eigenvalue weighted by Crippen LogP contribution is 2.32. The van der Waals surface area contributed by atoms with Crippen LogP contribution in [0.25, 0.3) is 11.4 Å². The number of hydrazone groups is 1. The van der Waals surface area contributed by atoms with Crippen molar-refractivity contribution in [2.75, 3.05) is 20.0 Å². The van der Waals surface area contributed by atoms with E-state index in [2.05, 4.69) is 20.7 Å². The summed E-state index contributed by atoms with van der Waals surface area (Å²) in [7, 11) is 3.15. The van der Waals surface area contributed by atoms with E-state index in [1.165, 1.54) is 30.1 Å². The number of hydrogen-bond donors (Lipinski definition) is 1. The number of ether oxygens (including phenoxy) is 2. The predicted octanol–water partition coefficient (Wildman–Crippen LogP) is 3.36. The second-order valence-electron chi connectivity index (χ2n) is 6.25. The van der Waals surface area contributed by atoms with Gasteiger partial charge in [-0.1, -0.05) is 23.9 Å². The van der Waals surface area contributed by atoms with Crippen molar-refractivity contribution >= 4 is 23.9 Å². The van der Waals surface area contributed by atoms with Crippen molar-refractivity contribution in [3.63, 3.8) is 0 Å². The van der Waals surface area contributed by atoms with E-state index in [0.29, 0.717) is 34.6 Å². The first-order chi connectivity index (χ1) is 15.0. The Morgan fingerprint density at radius 2 is 1.90 bits per heavy atom. The number of nitrogens with zero attached hydrogens (tertiary/aromatic N) is 4. The van der Waals surface area contributed by atoms with Crippen molar-refractivity contribution in [1.29, 1.82) is 0 Å². The van der Waals surface area contributed by atoms with Crippen molar-refractivity contribution in [2.24, 2.45) is 5.10 Å². The third kappa shape index (κ3) is 5.60. The van der Waals surface area contributed by atoms with Gasteiger partial charge in [0, 0.05) is 12.1 Å². The van der Waals surface area contributed by atoms with Gasteiger partial charge in [0.25, 0.3) is 5.91 Å². The smallest absolute Gasteiger partial charge is 0.250 e. The minimum atomic E-state index is -0.329. The summed E-state index contributed by atoms with van der Waals surface area (Å²) in [5, 5.41) is 13.0. The normalized spacial score (nSPS) is 11.0.